The number of rotatable bonds is 19. The third-order valence-corrected chi connectivity index (χ3v) is 17.8. The first-order chi connectivity index (χ1) is 43.3. The molecule has 0 spiro atoms. The van der Waals surface area contributed by atoms with E-state index in [0.29, 0.717) is 0 Å². The number of carbonyl (C=O) groups is 3. The zero-order chi connectivity index (χ0) is 69.8. The smallest absolute Gasteiger partial charge is 0.406 e. The van der Waals surface area contributed by atoms with Gasteiger partial charge in [-0.3, -0.25) is 80.1 Å². The minimum Gasteiger partial charge on any atom is -0.462 e. The number of fused-ring (bicyclic) bond motifs is 2. The molecule has 5 aliphatic rings. The number of azide groups is 3. The van der Waals surface area contributed by atoms with E-state index in [1.807, 2.05) is 4.98 Å². The van der Waals surface area contributed by atoms with Gasteiger partial charge in [0.15, 0.2) is 18.7 Å². The van der Waals surface area contributed by atoms with Gasteiger partial charge in [0, 0.05) is 51.5 Å². The molecular weight excluding hydrogens is 1350 g/mol. The number of esters is 3. The molecule has 5 saturated heterocycles. The van der Waals surface area contributed by atoms with Crippen molar-refractivity contribution in [3.05, 3.63) is 131 Å². The summed E-state index contributed by atoms with van der Waals surface area (Å²) < 4.78 is 93.1. The Kier molecular flexibility index (Phi) is 26.5. The second-order valence-electron chi connectivity index (χ2n) is 21.7. The largest absolute Gasteiger partial charge is 0.462 e. The van der Waals surface area contributed by atoms with Crippen LogP contribution in [0.25, 0.3) is 31.3 Å². The molecular formula is C46H67Cl2N18O24P3. The van der Waals surface area contributed by atoms with Crippen LogP contribution >= 0.6 is 44.0 Å². The van der Waals surface area contributed by atoms with E-state index >= 15 is 0 Å². The van der Waals surface area contributed by atoms with Crippen molar-refractivity contribution in [3.8, 4) is 0 Å². The van der Waals surface area contributed by atoms with Crippen molar-refractivity contribution < 1.29 is 84.8 Å². The fraction of sp³-hybridized carbons (Fsp3) is 0.674. The van der Waals surface area contributed by atoms with Crippen LogP contribution in [-0.4, -0.2) is 167 Å². The zero-order valence-electron chi connectivity index (χ0n) is 50.8. The predicted octanol–water partition coefficient (Wildman–Crippen LogP) is 2.49. The second kappa shape index (κ2) is 32.1. The number of H-pyrrole nitrogens is 3. The number of aliphatic hydroxyl groups is 2. The van der Waals surface area contributed by atoms with E-state index in [4.69, 9.17) is 90.7 Å². The van der Waals surface area contributed by atoms with Gasteiger partial charge in [-0.25, -0.2) is 38.8 Å². The Bertz CT molecular complexity index is 3720. The van der Waals surface area contributed by atoms with Crippen molar-refractivity contribution in [1.29, 1.82) is 0 Å². The molecule has 5 fully saturated rings. The quantitative estimate of drug-likeness (QED) is 0.0213. The molecule has 3 aromatic rings. The number of hydrogen-bond acceptors (Lipinski definition) is 27. The summed E-state index contributed by atoms with van der Waals surface area (Å²) in [6.07, 6.45) is -7.01. The van der Waals surface area contributed by atoms with Crippen molar-refractivity contribution >= 4 is 61.9 Å². The van der Waals surface area contributed by atoms with E-state index in [2.05, 4.69) is 55.3 Å². The van der Waals surface area contributed by atoms with Crippen LogP contribution in [0, 0.1) is 0 Å². The van der Waals surface area contributed by atoms with E-state index in [-0.39, 0.29) is 31.5 Å². The van der Waals surface area contributed by atoms with Crippen molar-refractivity contribution in [3.63, 3.8) is 0 Å². The fourth-order valence-corrected chi connectivity index (χ4v) is 13.8. The molecule has 15 atom stereocenters. The first-order valence-electron chi connectivity index (χ1n) is 27.4. The maximum atomic E-state index is 12.9. The highest BCUT2D eigenvalue weighted by Gasteiger charge is 2.62. The Labute approximate surface area is 533 Å². The molecule has 514 valence electrons. The Hall–Kier alpha value is -6.83. The number of hydrogen-bond donors (Lipinski definition) is 8. The molecule has 3 aromatic heterocycles. The molecule has 93 heavy (non-hydrogen) atoms. The molecule has 8 N–H and O–H groups in total. The Morgan fingerprint density at radius 3 is 1.31 bits per heavy atom. The van der Waals surface area contributed by atoms with Crippen LogP contribution in [-0.2, 0) is 74.6 Å². The van der Waals surface area contributed by atoms with Crippen molar-refractivity contribution in [1.82, 2.24) is 43.9 Å². The third-order valence-electron chi connectivity index (χ3n) is 13.4. The summed E-state index contributed by atoms with van der Waals surface area (Å²) in [5, 5.41) is 37.3. The number of aliphatic hydroxyl groups excluding tert-OH is 2. The van der Waals surface area contributed by atoms with Crippen LogP contribution in [0.1, 0.15) is 87.9 Å². The van der Waals surface area contributed by atoms with Gasteiger partial charge in [-0.1, -0.05) is 15.3 Å². The molecule has 8 heterocycles. The number of nitrogens with one attached hydrogen (secondary N) is 6. The first-order valence-corrected chi connectivity index (χ1v) is 34.0. The second-order valence-corrected chi connectivity index (χ2v) is 29.8. The molecule has 0 saturated carbocycles. The predicted molar refractivity (Wildman–Crippen MR) is 320 cm³/mol. The minimum absolute atomic E-state index is 0.221. The summed E-state index contributed by atoms with van der Waals surface area (Å²) in [5.41, 5.74) is 18.1. The highest BCUT2D eigenvalue weighted by Crippen LogP contribution is 2.58. The lowest BCUT2D eigenvalue weighted by Gasteiger charge is -2.36. The number of nitrogens with zero attached hydrogens (tertiary/aromatic N) is 12. The SMILES string of the molecule is CC(C)OC(=O)CNP1(=O)OC[C@H]2O[C@@H](n3ccc(=O)[nH]c3=O)[C@](C)(N=[N+]=[N-])[C@@H]2O1.CC(C)OC(=O)CNP1(=O)OC[C@H]2O[C@@H](n3ccc(=O)[nH]c3=O)[C@](C)(N=[N+]=[N-])[C@@H]2O1.CC(C)OC(=O)[C@H](C)NP(=O)(Cl)Cl.C[C@@]1(N=[N+]=[N-])[C@H](O)[C@@H](CO)O[C@H]1n1ccc(=O)[nH]c1=O. The number of aromatic nitrogens is 6. The van der Waals surface area contributed by atoms with Crippen molar-refractivity contribution in [2.75, 3.05) is 32.9 Å². The molecule has 42 nitrogen and oxygen atoms in total. The summed E-state index contributed by atoms with van der Waals surface area (Å²) in [4.78, 5) is 119. The average Bonchev–Trinajstić information content (AvgIpc) is 1.65. The summed E-state index contributed by atoms with van der Waals surface area (Å²) in [5.74, 6) is -5.28. The molecule has 47 heteroatoms. The van der Waals surface area contributed by atoms with Crippen LogP contribution in [0.2, 0.25) is 0 Å². The topological polar surface area (TPSA) is 582 Å². The minimum atomic E-state index is -3.98. The Morgan fingerprint density at radius 2 is 1.00 bits per heavy atom. The molecule has 0 aliphatic carbocycles. The van der Waals surface area contributed by atoms with Crippen LogP contribution in [0.4, 0.5) is 0 Å². The summed E-state index contributed by atoms with van der Waals surface area (Å²) >= 11 is 10.4. The van der Waals surface area contributed by atoms with Crippen LogP contribution in [0.5, 0.6) is 0 Å². The lowest BCUT2D eigenvalue weighted by atomic mass is 9.93. The van der Waals surface area contributed by atoms with Gasteiger partial charge in [0.25, 0.3) is 16.7 Å². The molecule has 2 unspecified atom stereocenters. The molecule has 0 aromatic carbocycles. The van der Waals surface area contributed by atoms with Gasteiger partial charge in [0.1, 0.15) is 66.3 Å². The summed E-state index contributed by atoms with van der Waals surface area (Å²) in [6, 6.07) is 2.53. The molecule has 8 rings (SSSR count). The van der Waals surface area contributed by atoms with E-state index in [1.54, 1.807) is 41.5 Å². The Balaban J connectivity index is 0.000000235. The van der Waals surface area contributed by atoms with E-state index in [0.717, 1.165) is 31.9 Å². The van der Waals surface area contributed by atoms with E-state index in [9.17, 15) is 62.0 Å². The van der Waals surface area contributed by atoms with Crippen LogP contribution in [0.3, 0.4) is 0 Å². The molecule has 0 bridgehead atoms. The lowest BCUT2D eigenvalue weighted by molar-refractivity contribution is -0.149. The highest BCUT2D eigenvalue weighted by atomic mass is 35.9. The van der Waals surface area contributed by atoms with Gasteiger partial charge in [0.05, 0.1) is 44.2 Å². The van der Waals surface area contributed by atoms with Gasteiger partial charge in [-0.2, -0.15) is 0 Å². The van der Waals surface area contributed by atoms with Gasteiger partial charge in [-0.05, 0) is 108 Å². The number of carbonyl (C=O) groups excluding carboxylic acids is 3. The summed E-state index contributed by atoms with van der Waals surface area (Å²) in [6.45, 7) is 14.1. The van der Waals surface area contributed by atoms with Crippen LogP contribution in [0.15, 0.2) is 80.9 Å². The van der Waals surface area contributed by atoms with Gasteiger partial charge in [-0.15, -0.1) is 0 Å². The van der Waals surface area contributed by atoms with Crippen molar-refractivity contribution in [2.45, 2.75) is 166 Å². The van der Waals surface area contributed by atoms with E-state index < -0.39 is 171 Å². The zero-order valence-corrected chi connectivity index (χ0v) is 55.0. The molecule has 0 amide bonds. The number of halogens is 2. The third kappa shape index (κ3) is 19.6. The van der Waals surface area contributed by atoms with Gasteiger partial charge in [0.2, 0.25) is 0 Å². The molecule has 0 radical (unpaired) electrons. The van der Waals surface area contributed by atoms with Gasteiger partial charge >= 0.3 is 56.5 Å². The fourth-order valence-electron chi connectivity index (χ4n) is 9.33. The standard InChI is InChI=1S/2C15H21N6O8P.C10H13N5O5.C6H12Cl2NO3P/c2*1-8(2)27-11(23)6-17-30(25)26-7-9-12(29-30)15(3,19-20-16)13(28-9)21-5-4-10(22)18-14(21)24;1-10(13-14-11)7(18)5(4-16)20-8(10)15-3-2-6(17)12-9(15)19;1-4(2)12-6(10)5(3)9-13(7,8)11/h2*4-5,8-9,12-13H,6-7H2,1-3H3,(H,17,25)(H,18,22,24);2-3,5,7-8,16,18H,4H2,1H3,(H,12,17,19);4-5H,1-3H3,(H,9,11)/t2*9-,12-,13-,15-,30?;5-,7-,8-,10-;5-/m1110/s1. The average molecular weight is 1420 g/mol. The number of ether oxygens (including phenoxy) is 6. The monoisotopic (exact) mass is 1420 g/mol. The van der Waals surface area contributed by atoms with Crippen LogP contribution < -0.4 is 49.0 Å². The molecule has 5 aliphatic heterocycles. The van der Waals surface area contributed by atoms with E-state index in [1.165, 1.54) is 46.3 Å². The van der Waals surface area contributed by atoms with Crippen molar-refractivity contribution in [2.24, 2.45) is 15.3 Å². The highest BCUT2D eigenvalue weighted by molar-refractivity contribution is 8.07. The number of aromatic amines is 3. The maximum absolute atomic E-state index is 12.9. The Morgan fingerprint density at radius 1 is 0.656 bits per heavy atom. The first kappa shape index (κ1) is 76.9. The van der Waals surface area contributed by atoms with Gasteiger partial charge < -0.3 is 38.6 Å². The lowest BCUT2D eigenvalue weighted by Crippen LogP contribution is -2.48. The maximum Gasteiger partial charge on any atom is 0.406 e. The normalized spacial score (nSPS) is 30.4. The summed E-state index contributed by atoms with van der Waals surface area (Å²) in [7, 11) is -7.96.